The van der Waals surface area contributed by atoms with E-state index < -0.39 is 23.6 Å². The van der Waals surface area contributed by atoms with E-state index in [0.717, 1.165) is 41.8 Å². The zero-order valence-corrected chi connectivity index (χ0v) is 17.3. The van der Waals surface area contributed by atoms with Gasteiger partial charge in [0.25, 0.3) is 11.8 Å². The average molecular weight is 448 g/mol. The van der Waals surface area contributed by atoms with Gasteiger partial charge in [0.1, 0.15) is 0 Å². The third-order valence-electron chi connectivity index (χ3n) is 5.13. The van der Waals surface area contributed by atoms with E-state index in [-0.39, 0.29) is 17.1 Å². The summed E-state index contributed by atoms with van der Waals surface area (Å²) in [5.74, 6) is -0.751. The third kappa shape index (κ3) is 4.66. The van der Waals surface area contributed by atoms with Crippen molar-refractivity contribution in [3.05, 3.63) is 69.3 Å². The number of nitrogens with one attached hydrogen (secondary N) is 2. The molecule has 2 aromatic heterocycles. The van der Waals surface area contributed by atoms with E-state index >= 15 is 0 Å². The van der Waals surface area contributed by atoms with Gasteiger partial charge in [-0.2, -0.15) is 13.2 Å². The molecule has 1 aliphatic rings. The van der Waals surface area contributed by atoms with Crippen molar-refractivity contribution in [2.45, 2.75) is 32.4 Å². The van der Waals surface area contributed by atoms with Crippen molar-refractivity contribution in [3.8, 4) is 0 Å². The highest BCUT2D eigenvalue weighted by Gasteiger charge is 2.35. The number of amides is 2. The molecule has 162 valence electrons. The van der Waals surface area contributed by atoms with Gasteiger partial charge in [-0.25, -0.2) is 0 Å². The van der Waals surface area contributed by atoms with E-state index in [1.807, 2.05) is 0 Å². The number of rotatable bonds is 4. The Bertz CT molecular complexity index is 1120. The monoisotopic (exact) mass is 448 g/mol. The first kappa shape index (κ1) is 21.2. The fourth-order valence-electron chi connectivity index (χ4n) is 3.57. The Hall–Kier alpha value is -3.07. The SMILES string of the molecule is C[C@@H]1CCc2sc(C(=O)Nc3ccc(NC(=O)c4ccco4)cc3C(F)(F)F)cc2C1. The molecule has 4 rings (SSSR count). The fraction of sp³-hybridized carbons (Fsp3) is 0.273. The molecule has 0 bridgehead atoms. The van der Waals surface area contributed by atoms with Crippen LogP contribution in [0.4, 0.5) is 24.5 Å². The minimum atomic E-state index is -4.72. The second-order valence-electron chi connectivity index (χ2n) is 7.55. The molecule has 0 unspecified atom stereocenters. The van der Waals surface area contributed by atoms with Gasteiger partial charge in [0.05, 0.1) is 22.4 Å². The molecule has 0 saturated carbocycles. The van der Waals surface area contributed by atoms with E-state index in [1.165, 1.54) is 35.8 Å². The van der Waals surface area contributed by atoms with Gasteiger partial charge < -0.3 is 15.1 Å². The molecular weight excluding hydrogens is 429 g/mol. The maximum Gasteiger partial charge on any atom is 0.418 e. The molecule has 5 nitrogen and oxygen atoms in total. The molecule has 2 heterocycles. The van der Waals surface area contributed by atoms with Gasteiger partial charge >= 0.3 is 6.18 Å². The summed E-state index contributed by atoms with van der Waals surface area (Å²) in [7, 11) is 0. The van der Waals surface area contributed by atoms with Crippen LogP contribution in [0.25, 0.3) is 0 Å². The van der Waals surface area contributed by atoms with Crippen LogP contribution in [-0.4, -0.2) is 11.8 Å². The van der Waals surface area contributed by atoms with Gasteiger partial charge in [-0.15, -0.1) is 11.3 Å². The summed E-state index contributed by atoms with van der Waals surface area (Å²) in [5.41, 5.74) is -0.380. The van der Waals surface area contributed by atoms with E-state index in [2.05, 4.69) is 17.6 Å². The third-order valence-corrected chi connectivity index (χ3v) is 6.36. The number of carbonyl (C=O) groups excluding carboxylic acids is 2. The number of thiophene rings is 1. The number of alkyl halides is 3. The lowest BCUT2D eigenvalue weighted by Gasteiger charge is -2.16. The highest BCUT2D eigenvalue weighted by atomic mass is 32.1. The van der Waals surface area contributed by atoms with Gasteiger partial charge in [-0.3, -0.25) is 9.59 Å². The second kappa shape index (κ2) is 8.22. The Morgan fingerprint density at radius 1 is 1.13 bits per heavy atom. The molecule has 1 aliphatic carbocycles. The standard InChI is InChI=1S/C22H19F3N2O3S/c1-12-4-7-18-13(9-12)10-19(31-18)21(29)27-16-6-5-14(11-15(16)22(23,24)25)26-20(28)17-3-2-8-30-17/h2-3,5-6,8,10-12H,4,7,9H2,1H3,(H,26,28)(H,27,29)/t12-/m1/s1. The average Bonchev–Trinajstić information content (AvgIpc) is 3.37. The predicted octanol–water partition coefficient (Wildman–Crippen LogP) is 5.99. The molecule has 3 aromatic rings. The van der Waals surface area contributed by atoms with E-state index in [0.29, 0.717) is 10.8 Å². The molecule has 2 N–H and O–H groups in total. The Kier molecular flexibility index (Phi) is 5.62. The summed E-state index contributed by atoms with van der Waals surface area (Å²) in [6, 6.07) is 7.89. The molecule has 0 fully saturated rings. The maximum absolute atomic E-state index is 13.6. The molecule has 0 saturated heterocycles. The summed E-state index contributed by atoms with van der Waals surface area (Å²) in [4.78, 5) is 26.2. The quantitative estimate of drug-likeness (QED) is 0.515. The number of fused-ring (bicyclic) bond motifs is 1. The van der Waals surface area contributed by atoms with Crippen LogP contribution in [0.15, 0.2) is 47.1 Å². The molecular formula is C22H19F3N2O3S. The summed E-state index contributed by atoms with van der Waals surface area (Å²) >= 11 is 1.33. The number of halogens is 3. The predicted molar refractivity (Wildman–Crippen MR) is 112 cm³/mol. The van der Waals surface area contributed by atoms with Crippen LogP contribution in [0.1, 0.15) is 49.6 Å². The van der Waals surface area contributed by atoms with Crippen molar-refractivity contribution in [2.24, 2.45) is 5.92 Å². The van der Waals surface area contributed by atoms with Gasteiger partial charge in [0.2, 0.25) is 0 Å². The fourth-order valence-corrected chi connectivity index (χ4v) is 4.67. The van der Waals surface area contributed by atoms with E-state index in [9.17, 15) is 22.8 Å². The maximum atomic E-state index is 13.6. The largest absolute Gasteiger partial charge is 0.459 e. The molecule has 9 heteroatoms. The first-order valence-corrected chi connectivity index (χ1v) is 10.5. The van der Waals surface area contributed by atoms with Gasteiger partial charge in [0, 0.05) is 10.6 Å². The van der Waals surface area contributed by atoms with E-state index in [1.54, 1.807) is 6.07 Å². The van der Waals surface area contributed by atoms with Crippen molar-refractivity contribution in [1.82, 2.24) is 0 Å². The number of benzene rings is 1. The highest BCUT2D eigenvalue weighted by Crippen LogP contribution is 2.38. The van der Waals surface area contributed by atoms with Crippen LogP contribution in [0.2, 0.25) is 0 Å². The summed E-state index contributed by atoms with van der Waals surface area (Å²) in [5, 5.41) is 4.74. The minimum absolute atomic E-state index is 0.0260. The molecule has 1 atom stereocenters. The molecule has 0 aliphatic heterocycles. The van der Waals surface area contributed by atoms with Gasteiger partial charge in [-0.05, 0) is 67.1 Å². The smallest absolute Gasteiger partial charge is 0.418 e. The molecule has 0 radical (unpaired) electrons. The van der Waals surface area contributed by atoms with Crippen LogP contribution in [0, 0.1) is 5.92 Å². The lowest BCUT2D eigenvalue weighted by atomic mass is 9.90. The topological polar surface area (TPSA) is 71.3 Å². The second-order valence-corrected chi connectivity index (χ2v) is 8.69. The van der Waals surface area contributed by atoms with Crippen LogP contribution in [0.3, 0.4) is 0 Å². The van der Waals surface area contributed by atoms with Crippen molar-refractivity contribution in [2.75, 3.05) is 10.6 Å². The normalized spacial score (nSPS) is 15.9. The molecule has 0 spiro atoms. The Morgan fingerprint density at radius 3 is 2.65 bits per heavy atom. The van der Waals surface area contributed by atoms with Crippen molar-refractivity contribution < 1.29 is 27.2 Å². The number of carbonyl (C=O) groups is 2. The molecule has 31 heavy (non-hydrogen) atoms. The number of furan rings is 1. The zero-order valence-electron chi connectivity index (χ0n) is 16.5. The Balaban J connectivity index is 1.56. The number of anilines is 2. The first-order chi connectivity index (χ1) is 14.7. The van der Waals surface area contributed by atoms with Crippen molar-refractivity contribution in [3.63, 3.8) is 0 Å². The summed E-state index contributed by atoms with van der Waals surface area (Å²) in [6.07, 6.45) is -0.642. The van der Waals surface area contributed by atoms with Crippen molar-refractivity contribution >= 4 is 34.5 Å². The lowest BCUT2D eigenvalue weighted by molar-refractivity contribution is -0.136. The minimum Gasteiger partial charge on any atom is -0.459 e. The highest BCUT2D eigenvalue weighted by molar-refractivity contribution is 7.14. The number of aryl methyl sites for hydroxylation is 1. The van der Waals surface area contributed by atoms with E-state index in [4.69, 9.17) is 4.42 Å². The number of hydrogen-bond donors (Lipinski definition) is 2. The first-order valence-electron chi connectivity index (χ1n) is 9.69. The zero-order chi connectivity index (χ0) is 22.2. The number of hydrogen-bond acceptors (Lipinski definition) is 4. The van der Waals surface area contributed by atoms with Crippen LogP contribution < -0.4 is 10.6 Å². The molecule has 2 amide bonds. The van der Waals surface area contributed by atoms with Crippen LogP contribution >= 0.6 is 11.3 Å². The van der Waals surface area contributed by atoms with Crippen LogP contribution in [0.5, 0.6) is 0 Å². The van der Waals surface area contributed by atoms with Gasteiger partial charge in [-0.1, -0.05) is 6.92 Å². The molecule has 1 aromatic carbocycles. The Morgan fingerprint density at radius 2 is 1.94 bits per heavy atom. The van der Waals surface area contributed by atoms with Crippen molar-refractivity contribution in [1.29, 1.82) is 0 Å². The Labute approximate surface area is 180 Å². The summed E-state index contributed by atoms with van der Waals surface area (Å²) in [6.45, 7) is 2.14. The van der Waals surface area contributed by atoms with Gasteiger partial charge in [0.15, 0.2) is 5.76 Å². The lowest BCUT2D eigenvalue weighted by Crippen LogP contribution is -2.17. The van der Waals surface area contributed by atoms with Crippen LogP contribution in [-0.2, 0) is 19.0 Å². The summed E-state index contributed by atoms with van der Waals surface area (Å²) < 4.78 is 45.9.